The molecule has 1 nitrogen and oxygen atoms in total. The summed E-state index contributed by atoms with van der Waals surface area (Å²) in [7, 11) is 0. The summed E-state index contributed by atoms with van der Waals surface area (Å²) < 4.78 is 0. The van der Waals surface area contributed by atoms with Crippen LogP contribution in [0.15, 0.2) is 0 Å². The first kappa shape index (κ1) is 9.76. The van der Waals surface area contributed by atoms with E-state index in [0.717, 1.165) is 25.2 Å². The van der Waals surface area contributed by atoms with Crippen LogP contribution in [-0.4, -0.2) is 5.78 Å². The molecule has 0 saturated heterocycles. The van der Waals surface area contributed by atoms with Gasteiger partial charge in [0.25, 0.3) is 0 Å². The molecule has 0 aliphatic heterocycles. The van der Waals surface area contributed by atoms with Gasteiger partial charge in [-0.2, -0.15) is 0 Å². The van der Waals surface area contributed by atoms with Crippen molar-refractivity contribution in [2.75, 3.05) is 0 Å². The molecular weight excluding hydrogens is 148 g/mol. The van der Waals surface area contributed by atoms with E-state index in [0.29, 0.717) is 5.78 Å². The number of hydrogen-bond acceptors (Lipinski definition) is 1. The molecule has 0 unspecified atom stereocenters. The van der Waals surface area contributed by atoms with E-state index in [1.807, 2.05) is 6.92 Å². The number of carbonyl (C=O) groups excluding carboxylic acids is 1. The molecule has 0 radical (unpaired) electrons. The maximum Gasteiger partial charge on any atom is 0.132 e. The van der Waals surface area contributed by atoms with Crippen molar-refractivity contribution in [1.29, 1.82) is 0 Å². The molecule has 0 atom stereocenters. The second-order valence-corrected chi connectivity index (χ2v) is 3.93. The first-order valence-electron chi connectivity index (χ1n) is 5.34. The SMILES string of the molecule is CCC(=O)CCCC1CCCC1. The second kappa shape index (κ2) is 5.34. The molecular formula is C11H20O. The molecule has 0 aromatic heterocycles. The molecule has 1 aliphatic carbocycles. The highest BCUT2D eigenvalue weighted by Crippen LogP contribution is 2.28. The Morgan fingerprint density at radius 2 is 2.00 bits per heavy atom. The minimum absolute atomic E-state index is 0.438. The van der Waals surface area contributed by atoms with Gasteiger partial charge in [-0.15, -0.1) is 0 Å². The fourth-order valence-electron chi connectivity index (χ4n) is 2.06. The average molecular weight is 168 g/mol. The van der Waals surface area contributed by atoms with E-state index in [1.165, 1.54) is 32.1 Å². The van der Waals surface area contributed by atoms with Crippen LogP contribution in [0.3, 0.4) is 0 Å². The summed E-state index contributed by atoms with van der Waals surface area (Å²) in [6.07, 6.45) is 9.67. The maximum absolute atomic E-state index is 11.0. The Bertz CT molecular complexity index is 134. The van der Waals surface area contributed by atoms with E-state index in [1.54, 1.807) is 0 Å². The van der Waals surface area contributed by atoms with Gasteiger partial charge in [0.05, 0.1) is 0 Å². The predicted molar refractivity (Wildman–Crippen MR) is 51.1 cm³/mol. The summed E-state index contributed by atoms with van der Waals surface area (Å²) in [6, 6.07) is 0. The van der Waals surface area contributed by atoms with Crippen LogP contribution in [0, 0.1) is 5.92 Å². The number of ketones is 1. The third-order valence-electron chi connectivity index (χ3n) is 2.94. The zero-order valence-corrected chi connectivity index (χ0v) is 8.14. The van der Waals surface area contributed by atoms with Crippen molar-refractivity contribution in [3.63, 3.8) is 0 Å². The Labute approximate surface area is 75.5 Å². The molecule has 1 fully saturated rings. The molecule has 12 heavy (non-hydrogen) atoms. The van der Waals surface area contributed by atoms with Gasteiger partial charge in [0.2, 0.25) is 0 Å². The summed E-state index contributed by atoms with van der Waals surface area (Å²) >= 11 is 0. The van der Waals surface area contributed by atoms with Crippen LogP contribution in [0.2, 0.25) is 0 Å². The summed E-state index contributed by atoms with van der Waals surface area (Å²) in [6.45, 7) is 1.96. The van der Waals surface area contributed by atoms with Gasteiger partial charge in [-0.1, -0.05) is 39.0 Å². The minimum atomic E-state index is 0.438. The van der Waals surface area contributed by atoms with Crippen molar-refractivity contribution in [2.45, 2.75) is 58.3 Å². The number of hydrogen-bond donors (Lipinski definition) is 0. The predicted octanol–water partition coefficient (Wildman–Crippen LogP) is 3.33. The van der Waals surface area contributed by atoms with Crippen molar-refractivity contribution in [3.05, 3.63) is 0 Å². The summed E-state index contributed by atoms with van der Waals surface area (Å²) in [5.74, 6) is 1.39. The van der Waals surface area contributed by atoms with Crippen LogP contribution >= 0.6 is 0 Å². The van der Waals surface area contributed by atoms with Gasteiger partial charge >= 0.3 is 0 Å². The number of carbonyl (C=O) groups is 1. The smallest absolute Gasteiger partial charge is 0.132 e. The topological polar surface area (TPSA) is 17.1 Å². The Hall–Kier alpha value is -0.330. The molecule has 1 rings (SSSR count). The van der Waals surface area contributed by atoms with Gasteiger partial charge in [0.1, 0.15) is 5.78 Å². The third kappa shape index (κ3) is 3.38. The van der Waals surface area contributed by atoms with E-state index >= 15 is 0 Å². The van der Waals surface area contributed by atoms with E-state index in [-0.39, 0.29) is 0 Å². The van der Waals surface area contributed by atoms with E-state index in [2.05, 4.69) is 0 Å². The molecule has 0 aromatic rings. The van der Waals surface area contributed by atoms with Crippen LogP contribution in [0.25, 0.3) is 0 Å². The molecule has 0 spiro atoms. The Balaban J connectivity index is 1.97. The third-order valence-corrected chi connectivity index (χ3v) is 2.94. The Morgan fingerprint density at radius 3 is 2.58 bits per heavy atom. The lowest BCUT2D eigenvalue weighted by Gasteiger charge is -2.06. The normalized spacial score (nSPS) is 18.4. The second-order valence-electron chi connectivity index (χ2n) is 3.93. The molecule has 70 valence electrons. The fourth-order valence-corrected chi connectivity index (χ4v) is 2.06. The average Bonchev–Trinajstić information content (AvgIpc) is 2.57. The van der Waals surface area contributed by atoms with Crippen LogP contribution < -0.4 is 0 Å². The molecule has 1 saturated carbocycles. The van der Waals surface area contributed by atoms with Gasteiger partial charge in [-0.05, 0) is 12.3 Å². The van der Waals surface area contributed by atoms with Gasteiger partial charge in [-0.3, -0.25) is 4.79 Å². The van der Waals surface area contributed by atoms with Crippen LogP contribution in [0.5, 0.6) is 0 Å². The van der Waals surface area contributed by atoms with Crippen LogP contribution in [0.1, 0.15) is 58.3 Å². The molecule has 1 heteroatoms. The lowest BCUT2D eigenvalue weighted by molar-refractivity contribution is -0.118. The summed E-state index contributed by atoms with van der Waals surface area (Å²) in [4.78, 5) is 11.0. The van der Waals surface area contributed by atoms with E-state index < -0.39 is 0 Å². The minimum Gasteiger partial charge on any atom is -0.300 e. The molecule has 0 heterocycles. The van der Waals surface area contributed by atoms with E-state index in [4.69, 9.17) is 0 Å². The zero-order valence-electron chi connectivity index (χ0n) is 8.14. The quantitative estimate of drug-likeness (QED) is 0.615. The molecule has 0 aromatic carbocycles. The number of Topliss-reactive ketones (excluding diaryl/α,β-unsaturated/α-hetero) is 1. The monoisotopic (exact) mass is 168 g/mol. The fraction of sp³-hybridized carbons (Fsp3) is 0.909. The highest BCUT2D eigenvalue weighted by Gasteiger charge is 2.14. The van der Waals surface area contributed by atoms with Gasteiger partial charge in [-0.25, -0.2) is 0 Å². The van der Waals surface area contributed by atoms with Crippen LogP contribution in [-0.2, 0) is 4.79 Å². The molecule has 0 amide bonds. The van der Waals surface area contributed by atoms with Crippen molar-refractivity contribution in [1.82, 2.24) is 0 Å². The van der Waals surface area contributed by atoms with Crippen molar-refractivity contribution in [2.24, 2.45) is 5.92 Å². The molecule has 1 aliphatic rings. The van der Waals surface area contributed by atoms with Crippen molar-refractivity contribution >= 4 is 5.78 Å². The first-order valence-corrected chi connectivity index (χ1v) is 5.34. The largest absolute Gasteiger partial charge is 0.300 e. The summed E-state index contributed by atoms with van der Waals surface area (Å²) in [5, 5.41) is 0. The van der Waals surface area contributed by atoms with Crippen LogP contribution in [0.4, 0.5) is 0 Å². The highest BCUT2D eigenvalue weighted by molar-refractivity contribution is 5.77. The lowest BCUT2D eigenvalue weighted by Crippen LogP contribution is -1.98. The van der Waals surface area contributed by atoms with Gasteiger partial charge in [0, 0.05) is 12.8 Å². The molecule has 0 bridgehead atoms. The first-order chi connectivity index (χ1) is 5.83. The van der Waals surface area contributed by atoms with Gasteiger partial charge in [0.15, 0.2) is 0 Å². The number of rotatable bonds is 5. The Morgan fingerprint density at radius 1 is 1.33 bits per heavy atom. The molecule has 0 N–H and O–H groups in total. The summed E-state index contributed by atoms with van der Waals surface area (Å²) in [5.41, 5.74) is 0. The highest BCUT2D eigenvalue weighted by atomic mass is 16.1. The Kier molecular flexibility index (Phi) is 4.34. The lowest BCUT2D eigenvalue weighted by atomic mass is 9.99. The van der Waals surface area contributed by atoms with Crippen molar-refractivity contribution < 1.29 is 4.79 Å². The standard InChI is InChI=1S/C11H20O/c1-2-11(12)9-5-8-10-6-3-4-7-10/h10H,2-9H2,1H3. The van der Waals surface area contributed by atoms with E-state index in [9.17, 15) is 4.79 Å². The zero-order chi connectivity index (χ0) is 8.81. The van der Waals surface area contributed by atoms with Crippen molar-refractivity contribution in [3.8, 4) is 0 Å². The maximum atomic E-state index is 11.0. The van der Waals surface area contributed by atoms with Gasteiger partial charge < -0.3 is 0 Å².